The SMILES string of the molecule is COCCC1(C(=O)N2CCCC(C(O)c3nccn3C)C2)CCC1. The number of hydrogen-bond donors (Lipinski definition) is 1. The van der Waals surface area contributed by atoms with Gasteiger partial charge in [-0.15, -0.1) is 0 Å². The normalized spacial score (nSPS) is 24.5. The molecule has 2 heterocycles. The lowest BCUT2D eigenvalue weighted by Crippen LogP contribution is -2.52. The number of likely N-dealkylation sites (tertiary alicyclic amines) is 1. The van der Waals surface area contributed by atoms with Crippen LogP contribution in [0.3, 0.4) is 0 Å². The van der Waals surface area contributed by atoms with Gasteiger partial charge in [-0.3, -0.25) is 4.79 Å². The van der Waals surface area contributed by atoms with Gasteiger partial charge in [-0.25, -0.2) is 4.98 Å². The molecule has 0 aromatic carbocycles. The van der Waals surface area contributed by atoms with Crippen LogP contribution in [0.4, 0.5) is 0 Å². The highest BCUT2D eigenvalue weighted by Gasteiger charge is 2.46. The van der Waals surface area contributed by atoms with Gasteiger partial charge in [-0.05, 0) is 32.1 Å². The molecule has 0 bridgehead atoms. The van der Waals surface area contributed by atoms with Crippen molar-refractivity contribution in [2.75, 3.05) is 26.8 Å². The minimum Gasteiger partial charge on any atom is -0.385 e. The molecule has 1 amide bonds. The molecule has 1 aliphatic heterocycles. The highest BCUT2D eigenvalue weighted by Crippen LogP contribution is 2.46. The second-order valence-corrected chi connectivity index (χ2v) is 7.37. The summed E-state index contributed by atoms with van der Waals surface area (Å²) in [6.45, 7) is 2.07. The Labute approximate surface area is 143 Å². The Kier molecular flexibility index (Phi) is 5.25. The summed E-state index contributed by atoms with van der Waals surface area (Å²) in [6.07, 6.45) is 8.69. The second kappa shape index (κ2) is 7.23. The van der Waals surface area contributed by atoms with Crippen LogP contribution >= 0.6 is 0 Å². The van der Waals surface area contributed by atoms with Gasteiger partial charge < -0.3 is 19.3 Å². The van der Waals surface area contributed by atoms with Gasteiger partial charge in [-0.2, -0.15) is 0 Å². The Morgan fingerprint density at radius 1 is 1.50 bits per heavy atom. The van der Waals surface area contributed by atoms with E-state index in [4.69, 9.17) is 4.74 Å². The van der Waals surface area contributed by atoms with Crippen LogP contribution in [-0.4, -0.2) is 52.3 Å². The van der Waals surface area contributed by atoms with Crippen molar-refractivity contribution < 1.29 is 14.6 Å². The first-order chi connectivity index (χ1) is 11.6. The van der Waals surface area contributed by atoms with E-state index in [2.05, 4.69) is 4.98 Å². The van der Waals surface area contributed by atoms with Crippen molar-refractivity contribution in [1.82, 2.24) is 14.5 Å². The minimum atomic E-state index is -0.614. The number of aliphatic hydroxyl groups excluding tert-OH is 1. The first kappa shape index (κ1) is 17.4. The summed E-state index contributed by atoms with van der Waals surface area (Å²) in [5.41, 5.74) is -0.216. The van der Waals surface area contributed by atoms with Crippen LogP contribution in [0.1, 0.15) is 50.5 Å². The second-order valence-electron chi connectivity index (χ2n) is 7.37. The van der Waals surface area contributed by atoms with Gasteiger partial charge in [0.2, 0.25) is 5.91 Å². The average Bonchev–Trinajstić information content (AvgIpc) is 2.99. The number of aryl methyl sites for hydroxylation is 1. The number of nitrogens with zero attached hydrogens (tertiary/aromatic N) is 3. The Hall–Kier alpha value is -1.40. The monoisotopic (exact) mass is 335 g/mol. The molecule has 24 heavy (non-hydrogen) atoms. The van der Waals surface area contributed by atoms with E-state index in [0.29, 0.717) is 19.0 Å². The largest absolute Gasteiger partial charge is 0.385 e. The summed E-state index contributed by atoms with van der Waals surface area (Å²) in [5, 5.41) is 10.7. The lowest BCUT2D eigenvalue weighted by Gasteiger charge is -2.46. The lowest BCUT2D eigenvalue weighted by molar-refractivity contribution is -0.152. The van der Waals surface area contributed by atoms with Gasteiger partial charge in [0, 0.05) is 52.2 Å². The zero-order chi connectivity index (χ0) is 17.2. The summed E-state index contributed by atoms with van der Waals surface area (Å²) in [4.78, 5) is 19.3. The maximum Gasteiger partial charge on any atom is 0.228 e. The van der Waals surface area contributed by atoms with Crippen LogP contribution < -0.4 is 0 Å². The Bertz CT molecular complexity index is 568. The Balaban J connectivity index is 1.67. The fourth-order valence-corrected chi connectivity index (χ4v) is 4.13. The molecule has 2 aliphatic rings. The van der Waals surface area contributed by atoms with Crippen molar-refractivity contribution in [3.63, 3.8) is 0 Å². The summed E-state index contributed by atoms with van der Waals surface area (Å²) in [7, 11) is 3.59. The Morgan fingerprint density at radius 2 is 2.29 bits per heavy atom. The molecule has 6 nitrogen and oxygen atoms in total. The van der Waals surface area contributed by atoms with Crippen LogP contribution in [0.15, 0.2) is 12.4 Å². The third-order valence-corrected chi connectivity index (χ3v) is 5.86. The summed E-state index contributed by atoms with van der Waals surface area (Å²) < 4.78 is 7.07. The van der Waals surface area contributed by atoms with Gasteiger partial charge in [0.1, 0.15) is 11.9 Å². The zero-order valence-electron chi connectivity index (χ0n) is 14.8. The van der Waals surface area contributed by atoms with E-state index in [0.717, 1.165) is 45.1 Å². The van der Waals surface area contributed by atoms with Crippen molar-refractivity contribution in [2.24, 2.45) is 18.4 Å². The van der Waals surface area contributed by atoms with Crippen molar-refractivity contribution in [3.8, 4) is 0 Å². The first-order valence-corrected chi connectivity index (χ1v) is 9.01. The van der Waals surface area contributed by atoms with E-state index < -0.39 is 6.10 Å². The van der Waals surface area contributed by atoms with Crippen molar-refractivity contribution in [1.29, 1.82) is 0 Å². The molecular weight excluding hydrogens is 306 g/mol. The van der Waals surface area contributed by atoms with E-state index in [1.165, 1.54) is 0 Å². The van der Waals surface area contributed by atoms with Crippen LogP contribution in [0, 0.1) is 11.3 Å². The number of imidazole rings is 1. The summed E-state index contributed by atoms with van der Waals surface area (Å²) in [5.74, 6) is 1.01. The van der Waals surface area contributed by atoms with E-state index >= 15 is 0 Å². The standard InChI is InChI=1S/C18H29N3O3/c1-20-11-9-19-16(20)15(22)14-5-3-10-21(13-14)17(23)18(6-4-7-18)8-12-24-2/h9,11,14-15,22H,3-8,10,12-13H2,1-2H3. The molecular formula is C18H29N3O3. The van der Waals surface area contributed by atoms with Crippen molar-refractivity contribution >= 4 is 5.91 Å². The van der Waals surface area contributed by atoms with Crippen molar-refractivity contribution in [2.45, 2.75) is 44.6 Å². The van der Waals surface area contributed by atoms with Crippen LogP contribution in [-0.2, 0) is 16.6 Å². The molecule has 1 saturated heterocycles. The molecule has 1 aromatic heterocycles. The molecule has 1 N–H and O–H groups in total. The van der Waals surface area contributed by atoms with E-state index in [1.54, 1.807) is 13.3 Å². The van der Waals surface area contributed by atoms with Crippen molar-refractivity contribution in [3.05, 3.63) is 18.2 Å². The molecule has 0 spiro atoms. The first-order valence-electron chi connectivity index (χ1n) is 9.01. The number of amides is 1. The predicted molar refractivity (Wildman–Crippen MR) is 90.2 cm³/mol. The van der Waals surface area contributed by atoms with E-state index in [1.807, 2.05) is 22.7 Å². The molecule has 1 aliphatic carbocycles. The maximum atomic E-state index is 13.1. The molecule has 2 fully saturated rings. The number of piperidine rings is 1. The number of carbonyl (C=O) groups excluding carboxylic acids is 1. The van der Waals surface area contributed by atoms with E-state index in [9.17, 15) is 9.90 Å². The molecule has 1 aromatic rings. The number of hydrogen-bond acceptors (Lipinski definition) is 4. The Morgan fingerprint density at radius 3 is 2.88 bits per heavy atom. The van der Waals surface area contributed by atoms with Gasteiger partial charge in [0.25, 0.3) is 0 Å². The van der Waals surface area contributed by atoms with Crippen LogP contribution in [0.5, 0.6) is 0 Å². The van der Waals surface area contributed by atoms with Gasteiger partial charge >= 0.3 is 0 Å². The average molecular weight is 335 g/mol. The minimum absolute atomic E-state index is 0.0587. The number of ether oxygens (including phenoxy) is 1. The molecule has 0 radical (unpaired) electrons. The fourth-order valence-electron chi connectivity index (χ4n) is 4.13. The smallest absolute Gasteiger partial charge is 0.228 e. The van der Waals surface area contributed by atoms with Gasteiger partial charge in [-0.1, -0.05) is 6.42 Å². The topological polar surface area (TPSA) is 67.6 Å². The molecule has 2 unspecified atom stereocenters. The third kappa shape index (κ3) is 3.22. The van der Waals surface area contributed by atoms with Crippen LogP contribution in [0.25, 0.3) is 0 Å². The predicted octanol–water partition coefficient (Wildman–Crippen LogP) is 1.90. The molecule has 134 valence electrons. The number of rotatable bonds is 6. The maximum absolute atomic E-state index is 13.1. The molecule has 6 heteroatoms. The third-order valence-electron chi connectivity index (χ3n) is 5.86. The highest BCUT2D eigenvalue weighted by atomic mass is 16.5. The molecule has 2 atom stereocenters. The quantitative estimate of drug-likeness (QED) is 0.862. The summed E-state index contributed by atoms with van der Waals surface area (Å²) in [6, 6.07) is 0. The zero-order valence-corrected chi connectivity index (χ0v) is 14.8. The summed E-state index contributed by atoms with van der Waals surface area (Å²) >= 11 is 0. The van der Waals surface area contributed by atoms with Gasteiger partial charge in [0.05, 0.1) is 5.41 Å². The molecule has 3 rings (SSSR count). The lowest BCUT2D eigenvalue weighted by atomic mass is 9.65. The number of aliphatic hydroxyl groups is 1. The van der Waals surface area contributed by atoms with E-state index in [-0.39, 0.29) is 17.2 Å². The molecule has 1 saturated carbocycles. The number of carbonyl (C=O) groups is 1. The number of aromatic nitrogens is 2. The highest BCUT2D eigenvalue weighted by molar-refractivity contribution is 5.83. The van der Waals surface area contributed by atoms with Gasteiger partial charge in [0.15, 0.2) is 0 Å². The fraction of sp³-hybridized carbons (Fsp3) is 0.778. The number of methoxy groups -OCH3 is 1. The van der Waals surface area contributed by atoms with Crippen LogP contribution in [0.2, 0.25) is 0 Å².